The molecule has 0 saturated carbocycles. The Balaban J connectivity index is 1.92. The number of aliphatic hydroxyl groups is 1. The lowest BCUT2D eigenvalue weighted by Crippen LogP contribution is -2.48. The number of nitrogens with one attached hydrogen (secondary N) is 2. The number of carbonyl (C=O) groups is 1. The Morgan fingerprint density at radius 2 is 2.09 bits per heavy atom. The molecule has 0 aliphatic heterocycles. The van der Waals surface area contributed by atoms with Crippen LogP contribution >= 0.6 is 0 Å². The van der Waals surface area contributed by atoms with Crippen molar-refractivity contribution in [3.63, 3.8) is 0 Å². The van der Waals surface area contributed by atoms with E-state index in [-0.39, 0.29) is 12.6 Å². The van der Waals surface area contributed by atoms with Gasteiger partial charge in [-0.3, -0.25) is 4.68 Å². The summed E-state index contributed by atoms with van der Waals surface area (Å²) in [5.41, 5.74) is 1.37. The lowest BCUT2D eigenvalue weighted by atomic mass is 9.95. The lowest BCUT2D eigenvalue weighted by molar-refractivity contribution is 0.208. The van der Waals surface area contributed by atoms with Gasteiger partial charge in [-0.25, -0.2) is 4.79 Å². The molecule has 2 amide bonds. The van der Waals surface area contributed by atoms with Crippen molar-refractivity contribution in [1.29, 1.82) is 0 Å². The van der Waals surface area contributed by atoms with Gasteiger partial charge >= 0.3 is 6.03 Å². The summed E-state index contributed by atoms with van der Waals surface area (Å²) < 4.78 is 1.78. The fourth-order valence-corrected chi connectivity index (χ4v) is 2.30. The normalized spacial score (nSPS) is 13.3. The van der Waals surface area contributed by atoms with E-state index in [1.54, 1.807) is 17.1 Å². The number of benzene rings is 1. The highest BCUT2D eigenvalue weighted by Gasteiger charge is 2.23. The Bertz CT molecular complexity index is 627. The van der Waals surface area contributed by atoms with Crippen LogP contribution in [0.15, 0.2) is 42.7 Å². The highest BCUT2D eigenvalue weighted by atomic mass is 16.3. The molecule has 6 heteroatoms. The zero-order valence-electron chi connectivity index (χ0n) is 13.6. The Hall–Kier alpha value is -2.34. The van der Waals surface area contributed by atoms with Crippen LogP contribution < -0.4 is 10.6 Å². The molecule has 23 heavy (non-hydrogen) atoms. The van der Waals surface area contributed by atoms with Gasteiger partial charge in [0, 0.05) is 18.3 Å². The van der Waals surface area contributed by atoms with Crippen LogP contribution in [-0.2, 0) is 6.54 Å². The van der Waals surface area contributed by atoms with Gasteiger partial charge in [-0.15, -0.1) is 0 Å². The SMILES string of the molecule is CCC(C)(CCO)NC(=O)Nc1cnn(Cc2ccccc2)c1. The Labute approximate surface area is 136 Å². The minimum atomic E-state index is -0.418. The van der Waals surface area contributed by atoms with Crippen molar-refractivity contribution in [1.82, 2.24) is 15.1 Å². The van der Waals surface area contributed by atoms with Crippen LogP contribution in [0, 0.1) is 0 Å². The first-order valence-corrected chi connectivity index (χ1v) is 7.81. The number of amides is 2. The molecule has 2 rings (SSSR count). The first kappa shape index (κ1) is 17.0. The minimum absolute atomic E-state index is 0.0413. The molecule has 1 heterocycles. The van der Waals surface area contributed by atoms with Gasteiger partial charge in [-0.05, 0) is 25.3 Å². The van der Waals surface area contributed by atoms with E-state index >= 15 is 0 Å². The summed E-state index contributed by atoms with van der Waals surface area (Å²) in [6.07, 6.45) is 4.68. The molecule has 0 aliphatic carbocycles. The fourth-order valence-electron chi connectivity index (χ4n) is 2.30. The van der Waals surface area contributed by atoms with Crippen LogP contribution in [0.3, 0.4) is 0 Å². The van der Waals surface area contributed by atoms with Crippen LogP contribution in [-0.4, -0.2) is 33.1 Å². The summed E-state index contributed by atoms with van der Waals surface area (Å²) >= 11 is 0. The van der Waals surface area contributed by atoms with E-state index in [0.717, 1.165) is 12.0 Å². The van der Waals surface area contributed by atoms with Crippen LogP contribution in [0.25, 0.3) is 0 Å². The van der Waals surface area contributed by atoms with Gasteiger partial charge in [-0.1, -0.05) is 37.3 Å². The molecule has 6 nitrogen and oxygen atoms in total. The van der Waals surface area contributed by atoms with E-state index in [4.69, 9.17) is 5.11 Å². The third-order valence-corrected chi connectivity index (χ3v) is 3.94. The van der Waals surface area contributed by atoms with Crippen molar-refractivity contribution in [2.24, 2.45) is 0 Å². The van der Waals surface area contributed by atoms with Crippen LogP contribution in [0.4, 0.5) is 10.5 Å². The summed E-state index contributed by atoms with van der Waals surface area (Å²) in [6, 6.07) is 9.71. The molecule has 1 unspecified atom stereocenters. The summed E-state index contributed by atoms with van der Waals surface area (Å²) in [7, 11) is 0. The van der Waals surface area contributed by atoms with Gasteiger partial charge in [0.15, 0.2) is 0 Å². The molecule has 0 saturated heterocycles. The standard InChI is InChI=1S/C17H24N4O2/c1-3-17(2,9-10-22)20-16(23)19-15-11-18-21(13-15)12-14-7-5-4-6-8-14/h4-8,11,13,22H,3,9-10,12H2,1-2H3,(H2,19,20,23). The number of carbonyl (C=O) groups excluding carboxylic acids is 1. The highest BCUT2D eigenvalue weighted by Crippen LogP contribution is 2.14. The van der Waals surface area contributed by atoms with E-state index in [9.17, 15) is 4.79 Å². The predicted molar refractivity (Wildman–Crippen MR) is 90.3 cm³/mol. The average molecular weight is 316 g/mol. The maximum Gasteiger partial charge on any atom is 0.319 e. The second-order valence-corrected chi connectivity index (χ2v) is 5.88. The first-order chi connectivity index (χ1) is 11.0. The maximum atomic E-state index is 12.1. The van der Waals surface area contributed by atoms with Crippen molar-refractivity contribution >= 4 is 11.7 Å². The summed E-state index contributed by atoms with van der Waals surface area (Å²) in [4.78, 5) is 12.1. The molecule has 0 radical (unpaired) electrons. The van der Waals surface area contributed by atoms with Crippen molar-refractivity contribution in [3.8, 4) is 0 Å². The molecule has 0 fully saturated rings. The van der Waals surface area contributed by atoms with E-state index in [1.165, 1.54) is 0 Å². The van der Waals surface area contributed by atoms with E-state index in [2.05, 4.69) is 15.7 Å². The number of hydrogen-bond donors (Lipinski definition) is 3. The highest BCUT2D eigenvalue weighted by molar-refractivity contribution is 5.89. The number of urea groups is 1. The van der Waals surface area contributed by atoms with Crippen LogP contribution in [0.2, 0.25) is 0 Å². The summed E-state index contributed by atoms with van der Waals surface area (Å²) in [5.74, 6) is 0. The van der Waals surface area contributed by atoms with E-state index in [0.29, 0.717) is 18.7 Å². The monoisotopic (exact) mass is 316 g/mol. The lowest BCUT2D eigenvalue weighted by Gasteiger charge is -2.28. The van der Waals surface area contributed by atoms with Crippen LogP contribution in [0.1, 0.15) is 32.3 Å². The minimum Gasteiger partial charge on any atom is -0.396 e. The fraction of sp³-hybridized carbons (Fsp3) is 0.412. The maximum absolute atomic E-state index is 12.1. The van der Waals surface area contributed by atoms with Crippen molar-refractivity contribution in [2.45, 2.75) is 38.8 Å². The van der Waals surface area contributed by atoms with Gasteiger partial charge in [0.2, 0.25) is 0 Å². The largest absolute Gasteiger partial charge is 0.396 e. The number of rotatable bonds is 7. The Morgan fingerprint density at radius 3 is 2.74 bits per heavy atom. The quantitative estimate of drug-likeness (QED) is 0.734. The molecule has 1 atom stereocenters. The smallest absolute Gasteiger partial charge is 0.319 e. The predicted octanol–water partition coefficient (Wildman–Crippen LogP) is 2.60. The van der Waals surface area contributed by atoms with Crippen molar-refractivity contribution in [2.75, 3.05) is 11.9 Å². The molecular formula is C17H24N4O2. The molecule has 0 aliphatic rings. The Morgan fingerprint density at radius 1 is 1.35 bits per heavy atom. The zero-order valence-corrected chi connectivity index (χ0v) is 13.6. The molecule has 1 aromatic carbocycles. The van der Waals surface area contributed by atoms with Gasteiger partial charge in [0.05, 0.1) is 18.4 Å². The van der Waals surface area contributed by atoms with E-state index < -0.39 is 5.54 Å². The topological polar surface area (TPSA) is 79.2 Å². The molecule has 3 N–H and O–H groups in total. The number of nitrogens with zero attached hydrogens (tertiary/aromatic N) is 2. The molecule has 124 valence electrons. The summed E-state index contributed by atoms with van der Waals surface area (Å²) in [6.45, 7) is 4.59. The molecular weight excluding hydrogens is 292 g/mol. The van der Waals surface area contributed by atoms with Gasteiger partial charge in [0.25, 0.3) is 0 Å². The third kappa shape index (κ3) is 5.10. The third-order valence-electron chi connectivity index (χ3n) is 3.94. The second kappa shape index (κ2) is 7.78. The van der Waals surface area contributed by atoms with E-state index in [1.807, 2.05) is 44.2 Å². The van der Waals surface area contributed by atoms with Crippen LogP contribution in [0.5, 0.6) is 0 Å². The van der Waals surface area contributed by atoms with Gasteiger partial charge in [0.1, 0.15) is 0 Å². The summed E-state index contributed by atoms with van der Waals surface area (Å²) in [5, 5.41) is 19.0. The first-order valence-electron chi connectivity index (χ1n) is 7.81. The molecule has 0 bridgehead atoms. The zero-order chi connectivity index (χ0) is 16.7. The second-order valence-electron chi connectivity index (χ2n) is 5.88. The van der Waals surface area contributed by atoms with Crippen molar-refractivity contribution in [3.05, 3.63) is 48.3 Å². The number of aliphatic hydroxyl groups excluding tert-OH is 1. The molecule has 0 spiro atoms. The van der Waals surface area contributed by atoms with Gasteiger partial charge in [-0.2, -0.15) is 5.10 Å². The number of hydrogen-bond acceptors (Lipinski definition) is 3. The van der Waals surface area contributed by atoms with Gasteiger partial charge < -0.3 is 15.7 Å². The Kier molecular flexibility index (Phi) is 5.76. The average Bonchev–Trinajstić information content (AvgIpc) is 2.95. The van der Waals surface area contributed by atoms with Crippen molar-refractivity contribution < 1.29 is 9.90 Å². The number of anilines is 1. The number of aromatic nitrogens is 2. The molecule has 2 aromatic rings. The molecule has 1 aromatic heterocycles.